The summed E-state index contributed by atoms with van der Waals surface area (Å²) in [5.41, 5.74) is 0.239. The van der Waals surface area contributed by atoms with E-state index in [1.807, 2.05) is 0 Å². The lowest BCUT2D eigenvalue weighted by atomic mass is 10.0. The second-order valence-corrected chi connectivity index (χ2v) is 6.32. The quantitative estimate of drug-likeness (QED) is 0.526. The number of rotatable bonds is 3. The fourth-order valence-electron chi connectivity index (χ4n) is 1.26. The van der Waals surface area contributed by atoms with E-state index in [0.29, 0.717) is 0 Å². The maximum absolute atomic E-state index is 11.0. The highest BCUT2D eigenvalue weighted by molar-refractivity contribution is 7.86. The molecular formula is C8H9Cl3N2O3S. The predicted molar refractivity (Wildman–Crippen MR) is 66.5 cm³/mol. The molecule has 0 aliphatic heterocycles. The van der Waals surface area contributed by atoms with Gasteiger partial charge in [0.2, 0.25) is 5.28 Å². The molecule has 2 atom stereocenters. The van der Waals surface area contributed by atoms with E-state index >= 15 is 0 Å². The van der Waals surface area contributed by atoms with E-state index in [1.54, 1.807) is 6.92 Å². The number of nitrogens with zero attached hydrogens (tertiary/aromatic N) is 2. The van der Waals surface area contributed by atoms with E-state index in [9.17, 15) is 8.42 Å². The van der Waals surface area contributed by atoms with Crippen molar-refractivity contribution < 1.29 is 13.0 Å². The standard InChI is InChI=1S/C8H9Cl3N2O3S/c1-3(4(2)17(14,15)16)5-6(9)12-8(11)13-7(5)10/h3-4H,1-2H3,(H,14,15,16)/t3-,4+/m0/s1. The van der Waals surface area contributed by atoms with E-state index in [1.165, 1.54) is 6.92 Å². The molecule has 0 aliphatic carbocycles. The van der Waals surface area contributed by atoms with E-state index in [-0.39, 0.29) is 21.2 Å². The molecule has 1 heterocycles. The van der Waals surface area contributed by atoms with Crippen molar-refractivity contribution >= 4 is 44.9 Å². The van der Waals surface area contributed by atoms with Crippen LogP contribution in [0.3, 0.4) is 0 Å². The highest BCUT2D eigenvalue weighted by atomic mass is 35.5. The molecule has 0 saturated heterocycles. The number of hydrogen-bond donors (Lipinski definition) is 1. The van der Waals surface area contributed by atoms with E-state index in [4.69, 9.17) is 39.4 Å². The molecule has 17 heavy (non-hydrogen) atoms. The monoisotopic (exact) mass is 318 g/mol. The minimum absolute atomic E-state index is 0.0296. The molecule has 0 amide bonds. The Labute approximate surface area is 114 Å². The van der Waals surface area contributed by atoms with Crippen molar-refractivity contribution in [1.82, 2.24) is 9.97 Å². The van der Waals surface area contributed by atoms with Crippen LogP contribution in [0.2, 0.25) is 15.6 Å². The average molecular weight is 320 g/mol. The van der Waals surface area contributed by atoms with Crippen LogP contribution in [0.4, 0.5) is 0 Å². The molecule has 0 spiro atoms. The third-order valence-corrected chi connectivity index (χ3v) is 4.55. The fraction of sp³-hybridized carbons (Fsp3) is 0.500. The van der Waals surface area contributed by atoms with Gasteiger partial charge in [0, 0.05) is 11.5 Å². The second kappa shape index (κ2) is 5.24. The molecule has 5 nitrogen and oxygen atoms in total. The zero-order valence-electron chi connectivity index (χ0n) is 8.85. The molecule has 1 rings (SSSR count). The van der Waals surface area contributed by atoms with Gasteiger partial charge in [0.1, 0.15) is 10.3 Å². The summed E-state index contributed by atoms with van der Waals surface area (Å²) in [5.74, 6) is -0.665. The molecule has 9 heteroatoms. The number of halogens is 3. The zero-order valence-corrected chi connectivity index (χ0v) is 11.9. The van der Waals surface area contributed by atoms with Gasteiger partial charge in [0.15, 0.2) is 0 Å². The van der Waals surface area contributed by atoms with Crippen molar-refractivity contribution in [3.05, 3.63) is 21.2 Å². The minimum atomic E-state index is -4.20. The molecule has 1 aromatic heterocycles. The summed E-state index contributed by atoms with van der Waals surface area (Å²) < 4.78 is 31.0. The van der Waals surface area contributed by atoms with Gasteiger partial charge in [-0.05, 0) is 18.5 Å². The average Bonchev–Trinajstić information content (AvgIpc) is 2.13. The largest absolute Gasteiger partial charge is 0.285 e. The minimum Gasteiger partial charge on any atom is -0.285 e. The van der Waals surface area contributed by atoms with Crippen LogP contribution in [0.1, 0.15) is 25.3 Å². The first-order valence-corrected chi connectivity index (χ1v) is 7.13. The topological polar surface area (TPSA) is 80.2 Å². The van der Waals surface area contributed by atoms with Crippen LogP contribution in [0.15, 0.2) is 0 Å². The van der Waals surface area contributed by atoms with Crippen molar-refractivity contribution in [2.75, 3.05) is 0 Å². The molecule has 0 fully saturated rings. The molecule has 0 unspecified atom stereocenters. The first kappa shape index (κ1) is 14.9. The predicted octanol–water partition coefficient (Wildman–Crippen LogP) is 2.82. The first-order chi connectivity index (χ1) is 7.64. The third-order valence-electron chi connectivity index (χ3n) is 2.45. The van der Waals surface area contributed by atoms with Gasteiger partial charge >= 0.3 is 0 Å². The van der Waals surface area contributed by atoms with Crippen LogP contribution in [0.5, 0.6) is 0 Å². The Balaban J connectivity index is 3.26. The molecular weight excluding hydrogens is 311 g/mol. The number of aromatic nitrogens is 2. The first-order valence-electron chi connectivity index (χ1n) is 4.49. The SMILES string of the molecule is C[C@H](c1c(Cl)nc(Cl)nc1Cl)[C@@H](C)S(=O)(=O)O. The van der Waals surface area contributed by atoms with E-state index in [2.05, 4.69) is 9.97 Å². The lowest BCUT2D eigenvalue weighted by molar-refractivity contribution is 0.461. The molecule has 1 aromatic rings. The Hall–Kier alpha value is -0.140. The van der Waals surface area contributed by atoms with E-state index < -0.39 is 21.3 Å². The Bertz CT molecular complexity index is 512. The maximum Gasteiger partial charge on any atom is 0.268 e. The normalized spacial score (nSPS) is 15.6. The van der Waals surface area contributed by atoms with Gasteiger partial charge in [-0.15, -0.1) is 0 Å². The van der Waals surface area contributed by atoms with Gasteiger partial charge in [0.05, 0.1) is 5.25 Å². The lowest BCUT2D eigenvalue weighted by Gasteiger charge is -2.18. The van der Waals surface area contributed by atoms with Gasteiger partial charge in [-0.2, -0.15) is 8.42 Å². The van der Waals surface area contributed by atoms with Crippen LogP contribution in [-0.2, 0) is 10.1 Å². The summed E-state index contributed by atoms with van der Waals surface area (Å²) in [4.78, 5) is 7.36. The fourth-order valence-corrected chi connectivity index (χ4v) is 2.90. The van der Waals surface area contributed by atoms with Crippen LogP contribution in [0, 0.1) is 0 Å². The van der Waals surface area contributed by atoms with Crippen LogP contribution in [-0.4, -0.2) is 28.2 Å². The van der Waals surface area contributed by atoms with Gasteiger partial charge in [0.25, 0.3) is 10.1 Å². The Morgan fingerprint density at radius 3 is 1.88 bits per heavy atom. The van der Waals surface area contributed by atoms with Crippen LogP contribution in [0.25, 0.3) is 0 Å². The maximum atomic E-state index is 11.0. The van der Waals surface area contributed by atoms with E-state index in [0.717, 1.165) is 0 Å². The van der Waals surface area contributed by atoms with Gasteiger partial charge in [-0.1, -0.05) is 30.1 Å². The molecule has 0 aromatic carbocycles. The summed E-state index contributed by atoms with van der Waals surface area (Å²) in [7, 11) is -4.20. The lowest BCUT2D eigenvalue weighted by Crippen LogP contribution is -2.24. The highest BCUT2D eigenvalue weighted by Gasteiger charge is 2.29. The summed E-state index contributed by atoms with van der Waals surface area (Å²) in [6, 6.07) is 0. The van der Waals surface area contributed by atoms with Crippen molar-refractivity contribution in [2.24, 2.45) is 0 Å². The van der Waals surface area contributed by atoms with Gasteiger partial charge in [-0.25, -0.2) is 9.97 Å². The summed E-state index contributed by atoms with van der Waals surface area (Å²) in [5, 5.41) is -1.27. The molecule has 0 aliphatic rings. The Kier molecular flexibility index (Phi) is 4.60. The number of hydrogen-bond acceptors (Lipinski definition) is 4. The summed E-state index contributed by atoms with van der Waals surface area (Å²) in [6.45, 7) is 2.88. The van der Waals surface area contributed by atoms with Crippen molar-refractivity contribution in [3.63, 3.8) is 0 Å². The molecule has 0 radical (unpaired) electrons. The smallest absolute Gasteiger partial charge is 0.268 e. The molecule has 1 N–H and O–H groups in total. The van der Waals surface area contributed by atoms with Crippen LogP contribution < -0.4 is 0 Å². The van der Waals surface area contributed by atoms with Gasteiger partial charge in [-0.3, -0.25) is 4.55 Å². The summed E-state index contributed by atoms with van der Waals surface area (Å²) >= 11 is 17.2. The molecule has 0 saturated carbocycles. The second-order valence-electron chi connectivity index (χ2n) is 3.50. The van der Waals surface area contributed by atoms with Crippen LogP contribution >= 0.6 is 34.8 Å². The highest BCUT2D eigenvalue weighted by Crippen LogP contribution is 2.33. The van der Waals surface area contributed by atoms with Crippen molar-refractivity contribution in [3.8, 4) is 0 Å². The van der Waals surface area contributed by atoms with Crippen molar-refractivity contribution in [2.45, 2.75) is 25.0 Å². The summed E-state index contributed by atoms with van der Waals surface area (Å²) in [6.07, 6.45) is 0. The third kappa shape index (κ3) is 3.42. The Morgan fingerprint density at radius 1 is 1.12 bits per heavy atom. The Morgan fingerprint density at radius 2 is 1.53 bits per heavy atom. The molecule has 96 valence electrons. The molecule has 0 bridgehead atoms. The van der Waals surface area contributed by atoms with Gasteiger partial charge < -0.3 is 0 Å². The van der Waals surface area contributed by atoms with Crippen molar-refractivity contribution in [1.29, 1.82) is 0 Å². The zero-order chi connectivity index (χ0) is 13.4.